The van der Waals surface area contributed by atoms with Crippen LogP contribution in [0.5, 0.6) is 0 Å². The molecule has 23 heavy (non-hydrogen) atoms. The van der Waals surface area contributed by atoms with E-state index in [0.29, 0.717) is 22.7 Å². The van der Waals surface area contributed by atoms with Crippen molar-refractivity contribution in [3.8, 4) is 11.3 Å². The highest BCUT2D eigenvalue weighted by Crippen LogP contribution is 2.24. The Balaban J connectivity index is 2.00. The maximum absolute atomic E-state index is 14.0. The molecule has 2 heterocycles. The number of nitrogens with zero attached hydrogens (tertiary/aromatic N) is 3. The SMILES string of the molecule is CS(=O)(=O)CCNc1cc(-c2ccccc2F)nc2ccnn12. The number of hydrogen-bond donors (Lipinski definition) is 1. The van der Waals surface area contributed by atoms with Gasteiger partial charge < -0.3 is 5.32 Å². The highest BCUT2D eigenvalue weighted by Gasteiger charge is 2.11. The number of hydrogen-bond acceptors (Lipinski definition) is 5. The van der Waals surface area contributed by atoms with Gasteiger partial charge in [0.05, 0.1) is 17.6 Å². The Labute approximate surface area is 132 Å². The highest BCUT2D eigenvalue weighted by atomic mass is 32.2. The van der Waals surface area contributed by atoms with Crippen LogP contribution in [-0.2, 0) is 9.84 Å². The Morgan fingerprint density at radius 1 is 1.26 bits per heavy atom. The first-order valence-electron chi connectivity index (χ1n) is 6.95. The molecule has 1 N–H and O–H groups in total. The molecule has 0 aliphatic rings. The zero-order valence-electron chi connectivity index (χ0n) is 12.4. The molecule has 0 atom stereocenters. The predicted molar refractivity (Wildman–Crippen MR) is 86.6 cm³/mol. The van der Waals surface area contributed by atoms with Gasteiger partial charge in [0.1, 0.15) is 21.5 Å². The molecular formula is C15H15FN4O2S. The van der Waals surface area contributed by atoms with Gasteiger partial charge in [-0.25, -0.2) is 17.8 Å². The Morgan fingerprint density at radius 2 is 2.04 bits per heavy atom. The number of nitrogens with one attached hydrogen (secondary N) is 1. The topological polar surface area (TPSA) is 76.4 Å². The summed E-state index contributed by atoms with van der Waals surface area (Å²) in [4.78, 5) is 4.39. The molecule has 0 unspecified atom stereocenters. The molecule has 120 valence electrons. The minimum Gasteiger partial charge on any atom is -0.369 e. The highest BCUT2D eigenvalue weighted by molar-refractivity contribution is 7.90. The van der Waals surface area contributed by atoms with Crippen molar-refractivity contribution in [1.29, 1.82) is 0 Å². The van der Waals surface area contributed by atoms with Gasteiger partial charge in [-0.1, -0.05) is 12.1 Å². The monoisotopic (exact) mass is 334 g/mol. The number of anilines is 1. The van der Waals surface area contributed by atoms with Crippen molar-refractivity contribution >= 4 is 21.3 Å². The molecule has 0 saturated carbocycles. The second-order valence-electron chi connectivity index (χ2n) is 5.16. The third-order valence-corrected chi connectivity index (χ3v) is 4.23. The zero-order chi connectivity index (χ0) is 16.4. The number of sulfone groups is 1. The lowest BCUT2D eigenvalue weighted by Gasteiger charge is -2.10. The summed E-state index contributed by atoms with van der Waals surface area (Å²) in [5.41, 5.74) is 1.38. The van der Waals surface area contributed by atoms with Crippen LogP contribution in [0.2, 0.25) is 0 Å². The Hall–Kier alpha value is -2.48. The van der Waals surface area contributed by atoms with Gasteiger partial charge in [-0.2, -0.15) is 9.61 Å². The van der Waals surface area contributed by atoms with Crippen molar-refractivity contribution in [2.75, 3.05) is 23.9 Å². The quantitative estimate of drug-likeness (QED) is 0.772. The van der Waals surface area contributed by atoms with Gasteiger partial charge in [-0.05, 0) is 12.1 Å². The number of fused-ring (bicyclic) bond motifs is 1. The summed E-state index contributed by atoms with van der Waals surface area (Å²) in [5.74, 6) is 0.181. The maximum Gasteiger partial charge on any atom is 0.157 e. The standard InChI is InChI=1S/C15H15FN4O2S/c1-23(21,22)9-8-17-15-10-13(11-4-2-3-5-12(11)16)19-14-6-7-18-20(14)15/h2-7,10,17H,8-9H2,1H3. The van der Waals surface area contributed by atoms with Crippen molar-refractivity contribution in [1.82, 2.24) is 14.6 Å². The van der Waals surface area contributed by atoms with Crippen molar-refractivity contribution in [2.45, 2.75) is 0 Å². The van der Waals surface area contributed by atoms with E-state index in [4.69, 9.17) is 0 Å². The molecule has 0 saturated heterocycles. The molecule has 3 aromatic rings. The van der Waals surface area contributed by atoms with Crippen molar-refractivity contribution < 1.29 is 12.8 Å². The van der Waals surface area contributed by atoms with E-state index >= 15 is 0 Å². The third-order valence-electron chi connectivity index (χ3n) is 3.29. The maximum atomic E-state index is 14.0. The first-order chi connectivity index (χ1) is 10.9. The van der Waals surface area contributed by atoms with Gasteiger partial charge in [0.25, 0.3) is 0 Å². The van der Waals surface area contributed by atoms with E-state index in [1.165, 1.54) is 12.3 Å². The van der Waals surface area contributed by atoms with Gasteiger partial charge in [0.2, 0.25) is 0 Å². The van der Waals surface area contributed by atoms with Crippen LogP contribution in [0.3, 0.4) is 0 Å². The lowest BCUT2D eigenvalue weighted by molar-refractivity contribution is 0.602. The van der Waals surface area contributed by atoms with Crippen LogP contribution in [0.1, 0.15) is 0 Å². The largest absolute Gasteiger partial charge is 0.369 e. The van der Waals surface area contributed by atoms with Gasteiger partial charge in [-0.3, -0.25) is 0 Å². The van der Waals surface area contributed by atoms with Crippen LogP contribution in [0.15, 0.2) is 42.6 Å². The molecule has 2 aromatic heterocycles. The van der Waals surface area contributed by atoms with Crippen molar-refractivity contribution in [3.63, 3.8) is 0 Å². The summed E-state index contributed by atoms with van der Waals surface area (Å²) in [6.45, 7) is 0.231. The number of halogens is 1. The molecule has 0 amide bonds. The van der Waals surface area contributed by atoms with E-state index in [1.807, 2.05) is 0 Å². The number of benzene rings is 1. The number of rotatable bonds is 5. The summed E-state index contributed by atoms with van der Waals surface area (Å²) in [6, 6.07) is 9.71. The van der Waals surface area contributed by atoms with E-state index in [9.17, 15) is 12.8 Å². The Bertz CT molecular complexity index is 953. The lowest BCUT2D eigenvalue weighted by Crippen LogP contribution is -2.16. The Kier molecular flexibility index (Phi) is 3.99. The fraction of sp³-hybridized carbons (Fsp3) is 0.200. The zero-order valence-corrected chi connectivity index (χ0v) is 13.2. The van der Waals surface area contributed by atoms with Crippen LogP contribution in [0.4, 0.5) is 10.2 Å². The molecule has 3 rings (SSSR count). The van der Waals surface area contributed by atoms with Crippen LogP contribution in [-0.4, -0.2) is 41.6 Å². The van der Waals surface area contributed by atoms with Crippen LogP contribution in [0.25, 0.3) is 16.9 Å². The van der Waals surface area contributed by atoms with Crippen molar-refractivity contribution in [2.24, 2.45) is 0 Å². The fourth-order valence-corrected chi connectivity index (χ4v) is 2.68. The molecular weight excluding hydrogens is 319 g/mol. The lowest BCUT2D eigenvalue weighted by atomic mass is 10.1. The van der Waals surface area contributed by atoms with E-state index in [0.717, 1.165) is 0 Å². The Morgan fingerprint density at radius 3 is 2.78 bits per heavy atom. The molecule has 0 fully saturated rings. The van der Waals surface area contributed by atoms with E-state index < -0.39 is 9.84 Å². The van der Waals surface area contributed by atoms with Crippen LogP contribution < -0.4 is 5.32 Å². The summed E-state index contributed by atoms with van der Waals surface area (Å²) in [7, 11) is -3.07. The first-order valence-corrected chi connectivity index (χ1v) is 9.01. The van der Waals surface area contributed by atoms with Crippen LogP contribution >= 0.6 is 0 Å². The molecule has 0 radical (unpaired) electrons. The molecule has 1 aromatic carbocycles. The molecule has 8 heteroatoms. The van der Waals surface area contributed by atoms with Gasteiger partial charge in [0.15, 0.2) is 5.65 Å². The second-order valence-corrected chi connectivity index (χ2v) is 7.42. The fourth-order valence-electron chi connectivity index (χ4n) is 2.21. The summed E-state index contributed by atoms with van der Waals surface area (Å²) >= 11 is 0. The number of aromatic nitrogens is 3. The predicted octanol–water partition coefficient (Wildman–Crippen LogP) is 1.99. The van der Waals surface area contributed by atoms with Crippen LogP contribution in [0, 0.1) is 5.82 Å². The molecule has 0 aliphatic heterocycles. The summed E-state index contributed by atoms with van der Waals surface area (Å²) in [5, 5.41) is 7.16. The minimum atomic E-state index is -3.07. The second kappa shape index (κ2) is 5.96. The van der Waals surface area contributed by atoms with Gasteiger partial charge in [-0.15, -0.1) is 0 Å². The van der Waals surface area contributed by atoms with Gasteiger partial charge >= 0.3 is 0 Å². The average molecular weight is 334 g/mol. The molecule has 6 nitrogen and oxygen atoms in total. The first kappa shape index (κ1) is 15.4. The van der Waals surface area contributed by atoms with Gasteiger partial charge in [0, 0.05) is 30.5 Å². The third kappa shape index (κ3) is 3.48. The smallest absolute Gasteiger partial charge is 0.157 e. The summed E-state index contributed by atoms with van der Waals surface area (Å²) in [6.07, 6.45) is 2.75. The van der Waals surface area contributed by atoms with E-state index in [-0.39, 0.29) is 18.1 Å². The molecule has 0 aliphatic carbocycles. The molecule has 0 bridgehead atoms. The summed E-state index contributed by atoms with van der Waals surface area (Å²) < 4.78 is 38.0. The average Bonchev–Trinajstić information content (AvgIpc) is 2.95. The van der Waals surface area contributed by atoms with E-state index in [1.54, 1.807) is 41.0 Å². The molecule has 0 spiro atoms. The van der Waals surface area contributed by atoms with E-state index in [2.05, 4.69) is 15.4 Å². The normalized spacial score (nSPS) is 11.7. The van der Waals surface area contributed by atoms with Crippen molar-refractivity contribution in [3.05, 3.63) is 48.4 Å². The minimum absolute atomic E-state index is 0.00683.